The first-order valence-corrected chi connectivity index (χ1v) is 7.28. The minimum atomic E-state index is 0. The predicted molar refractivity (Wildman–Crippen MR) is 24.3 cm³/mol. The minimum absolute atomic E-state index is 0. The molecule has 0 unspecified atom stereocenters. The van der Waals surface area contributed by atoms with E-state index >= 15 is 0 Å². The average Bonchev–Trinajstić information content (AvgIpc) is 0.918. The molecule has 0 aromatic heterocycles. The van der Waals surface area contributed by atoms with Gasteiger partial charge in [-0.05, 0) is 0 Å². The Hall–Kier alpha value is 2.69. The fraction of sp³-hybridized carbons (Fsp3) is 1.00. The van der Waals surface area contributed by atoms with E-state index in [1.807, 2.05) is 0 Å². The van der Waals surface area contributed by atoms with Gasteiger partial charge in [0.25, 0.3) is 0 Å². The van der Waals surface area contributed by atoms with Crippen molar-refractivity contribution in [2.75, 3.05) is 0 Å². The third-order valence-electron chi connectivity index (χ3n) is 0. The molecule has 26 valence electrons. The Labute approximate surface area is 80.0 Å². The van der Waals surface area contributed by atoms with Crippen LogP contribution >= 0.6 is 0 Å². The van der Waals surface area contributed by atoms with Crippen LogP contribution in [0.4, 0.5) is 0 Å². The first kappa shape index (κ1) is 15.6. The molecule has 0 N–H and O–H groups in total. The van der Waals surface area contributed by atoms with Gasteiger partial charge in [0, 0.05) is 21.7 Å². The van der Waals surface area contributed by atoms with E-state index < -0.39 is 0 Å². The molecule has 0 aliphatic carbocycles. The first-order chi connectivity index (χ1) is 1.41. The first-order valence-electron chi connectivity index (χ1n) is 1.00. The van der Waals surface area contributed by atoms with Crippen molar-refractivity contribution in [2.45, 2.75) is 2.44 Å². The largest absolute Gasteiger partial charge is 0 e. The second kappa shape index (κ2) is 15.9. The van der Waals surface area contributed by atoms with Crippen LogP contribution in [0.15, 0.2) is 0 Å². The van der Waals surface area contributed by atoms with E-state index in [2.05, 4.69) is 5.48 Å². The second-order valence-electron chi connectivity index (χ2n) is 0.500. The Kier molecular flexibility index (Phi) is 49.8. The number of hydrogen-bond acceptors (Lipinski definition) is 0. The van der Waals surface area contributed by atoms with Gasteiger partial charge in [0.1, 0.15) is 0 Å². The van der Waals surface area contributed by atoms with E-state index in [9.17, 15) is 0 Å². The Morgan fingerprint density at radius 3 is 1.60 bits per heavy atom. The third-order valence-corrected chi connectivity index (χ3v) is 0. The summed E-state index contributed by atoms with van der Waals surface area (Å²) in [4.78, 5) is 0. The summed E-state index contributed by atoms with van der Waals surface area (Å²) in [6.07, 6.45) is 0. The Morgan fingerprint density at radius 2 is 1.60 bits per heavy atom. The normalized spacial score (nSPS) is 2.60. The summed E-state index contributed by atoms with van der Waals surface area (Å²) >= 11 is 0.0833. The molecular formula is CH8AlBCeTi. The van der Waals surface area contributed by atoms with Gasteiger partial charge in [0.15, 0.2) is 17.4 Å². The topological polar surface area (TPSA) is 0 Å². The maximum absolute atomic E-state index is 2.32. The maximum Gasteiger partial charge on any atom is 0 e. The van der Waals surface area contributed by atoms with E-state index in [0.29, 0.717) is 0 Å². The Bertz CT molecular complexity index is 11.6. The van der Waals surface area contributed by atoms with Crippen LogP contribution in [-0.2, 0) is 21.7 Å². The molecule has 0 nitrogen and oxygen atoms in total. The maximum atomic E-state index is 2.32. The molecule has 4 heteroatoms. The van der Waals surface area contributed by atoms with E-state index in [0.717, 1.165) is 0 Å². The number of hydrogen-bond donors (Lipinski definition) is 0. The molecule has 0 heterocycles. The van der Waals surface area contributed by atoms with Gasteiger partial charge in [-0.3, -0.25) is 0 Å². The quantitative estimate of drug-likeness (QED) is 0.455. The van der Waals surface area contributed by atoms with Crippen LogP contribution in [0.25, 0.3) is 0 Å². The Balaban J connectivity index is -0.0000000200. The van der Waals surface area contributed by atoms with Gasteiger partial charge in [-0.2, -0.15) is 0 Å². The van der Waals surface area contributed by atoms with Gasteiger partial charge in [-0.15, -0.1) is 0 Å². The standard InChI is InChI=1S/CH3.Al.BH2.Ce.Ti.3H/h1H3;;1H2;;;;;/q;;+1;-1;;;;. The molecule has 0 radical (unpaired) electrons. The van der Waals surface area contributed by atoms with Crippen LogP contribution < -0.4 is 0 Å². The molecule has 5 heavy (non-hydrogen) atoms. The summed E-state index contributed by atoms with van der Waals surface area (Å²) in [6.45, 7) is 0. The molecule has 0 amide bonds. The van der Waals surface area contributed by atoms with Gasteiger partial charge in [-0.1, -0.05) is 0 Å². The zero-order chi connectivity index (χ0) is 2.71. The summed E-state index contributed by atoms with van der Waals surface area (Å²) in [5.74, 6) is 0. The summed E-state index contributed by atoms with van der Waals surface area (Å²) < 4.78 is 4.64. The van der Waals surface area contributed by atoms with Gasteiger partial charge in [0.2, 0.25) is 0 Å². The third kappa shape index (κ3) is 20.3. The fourth-order valence-corrected chi connectivity index (χ4v) is 0. The van der Waals surface area contributed by atoms with Crippen LogP contribution in [0.1, 0.15) is 0 Å². The van der Waals surface area contributed by atoms with Crippen molar-refractivity contribution >= 4 is 20.4 Å². The zero-order valence-electron chi connectivity index (χ0n) is 3.00. The van der Waals surface area contributed by atoms with Gasteiger partial charge in [-0.25, -0.2) is 0 Å². The summed E-state index contributed by atoms with van der Waals surface area (Å²) in [6, 6.07) is 0. The molecule has 0 aromatic carbocycles. The molecule has 0 aliphatic heterocycles. The molecule has 0 atom stereocenters. The number of rotatable bonds is 0. The van der Waals surface area contributed by atoms with Crippen LogP contribution in [0, 0.1) is 37.2 Å². The molecule has 0 aromatic rings. The van der Waals surface area contributed by atoms with Crippen molar-refractivity contribution in [3.05, 3.63) is 0 Å². The van der Waals surface area contributed by atoms with Crippen molar-refractivity contribution in [1.29, 1.82) is 0 Å². The molecule has 0 saturated heterocycles. The molecule has 0 aliphatic rings. The molecule has 0 fully saturated rings. The fourth-order valence-electron chi connectivity index (χ4n) is 0. The second-order valence-corrected chi connectivity index (χ2v) is 3.64. The summed E-state index contributed by atoms with van der Waals surface area (Å²) in [7, 11) is 0. The van der Waals surface area contributed by atoms with Crippen LogP contribution in [0.2, 0.25) is 2.44 Å². The van der Waals surface area contributed by atoms with Crippen molar-refractivity contribution in [3.63, 3.8) is 0 Å². The van der Waals surface area contributed by atoms with Gasteiger partial charge < -0.3 is 0 Å². The predicted octanol–water partition coefficient (Wildman–Crippen LogP) is -1.52. The Morgan fingerprint density at radius 1 is 1.60 bits per heavy atom. The van der Waals surface area contributed by atoms with E-state index in [1.54, 1.807) is 0 Å². The summed E-state index contributed by atoms with van der Waals surface area (Å²) in [5.41, 5.74) is 0. The van der Waals surface area contributed by atoms with Gasteiger partial charge in [0.05, 0.1) is 0 Å². The van der Waals surface area contributed by atoms with E-state index in [4.69, 9.17) is 0 Å². The smallest absolute Gasteiger partial charge is 0 e. The van der Waals surface area contributed by atoms with Crippen molar-refractivity contribution < 1.29 is 59.0 Å². The van der Waals surface area contributed by atoms with Crippen molar-refractivity contribution in [1.82, 2.24) is 0 Å². The van der Waals surface area contributed by atoms with Gasteiger partial charge >= 0.3 is 42.7 Å². The van der Waals surface area contributed by atoms with Crippen LogP contribution in [-0.4, -0.2) is 20.4 Å². The molecule has 0 bridgehead atoms. The molecule has 0 spiro atoms. The average molecular weight is 246 g/mol. The van der Waals surface area contributed by atoms with E-state index in [1.165, 1.54) is 0 Å². The minimum Gasteiger partial charge on any atom is 0 e. The van der Waals surface area contributed by atoms with Crippen LogP contribution in [0.3, 0.4) is 0 Å². The van der Waals surface area contributed by atoms with Crippen molar-refractivity contribution in [2.24, 2.45) is 0 Å². The van der Waals surface area contributed by atoms with Crippen molar-refractivity contribution in [3.8, 4) is 0 Å². The van der Waals surface area contributed by atoms with E-state index in [-0.39, 0.29) is 76.3 Å². The molecular weight excluding hydrogens is 238 g/mol. The van der Waals surface area contributed by atoms with Crippen LogP contribution in [0.5, 0.6) is 0 Å². The summed E-state index contributed by atoms with van der Waals surface area (Å²) in [5, 5.41) is 0. The molecule has 0 rings (SSSR count). The monoisotopic (exact) mass is 246 g/mol. The molecule has 0 saturated carbocycles. The zero-order valence-corrected chi connectivity index (χ0v) is 7.70. The SMILES string of the molecule is [AlH3].[BH2][Ce][CH3].[Ti].